The smallest absolute Gasteiger partial charge is 0.101 e. The van der Waals surface area contributed by atoms with Crippen LogP contribution in [0.25, 0.3) is 0 Å². The van der Waals surface area contributed by atoms with Gasteiger partial charge in [0.15, 0.2) is 0 Å². The van der Waals surface area contributed by atoms with Gasteiger partial charge in [0.05, 0.1) is 13.6 Å². The van der Waals surface area contributed by atoms with E-state index in [1.165, 1.54) is 51.7 Å². The summed E-state index contributed by atoms with van der Waals surface area (Å²) in [5.74, 6) is 0. The molecule has 1 aliphatic heterocycles. The fourth-order valence-corrected chi connectivity index (χ4v) is 2.54. The van der Waals surface area contributed by atoms with Crippen LogP contribution in [0.1, 0.15) is 52.9 Å². The van der Waals surface area contributed by atoms with Crippen LogP contribution < -0.4 is 0 Å². The SMILES string of the molecule is CCCC[N@+](C)(C(C)C)N1CCCCC1. The summed E-state index contributed by atoms with van der Waals surface area (Å²) in [7, 11) is 2.42. The maximum absolute atomic E-state index is 2.70. The van der Waals surface area contributed by atoms with Crippen molar-refractivity contribution in [2.75, 3.05) is 26.7 Å². The Labute approximate surface area is 95.8 Å². The highest BCUT2D eigenvalue weighted by Crippen LogP contribution is 2.21. The van der Waals surface area contributed by atoms with Gasteiger partial charge in [0, 0.05) is 13.1 Å². The summed E-state index contributed by atoms with van der Waals surface area (Å²) in [6.45, 7) is 10.9. The zero-order valence-corrected chi connectivity index (χ0v) is 11.1. The average molecular weight is 213 g/mol. The second-order valence-electron chi connectivity index (χ2n) is 5.40. The first-order valence-corrected chi connectivity index (χ1v) is 6.72. The van der Waals surface area contributed by atoms with Crippen molar-refractivity contribution in [3.8, 4) is 0 Å². The molecule has 0 N–H and O–H groups in total. The Bertz CT molecular complexity index is 173. The molecule has 15 heavy (non-hydrogen) atoms. The molecule has 0 aromatic heterocycles. The van der Waals surface area contributed by atoms with E-state index in [0.717, 1.165) is 10.6 Å². The lowest BCUT2D eigenvalue weighted by Crippen LogP contribution is -2.62. The Morgan fingerprint density at radius 1 is 1.13 bits per heavy atom. The summed E-state index contributed by atoms with van der Waals surface area (Å²) >= 11 is 0. The molecular formula is C13H29N2+. The lowest BCUT2D eigenvalue weighted by Gasteiger charge is -2.47. The number of rotatable bonds is 5. The van der Waals surface area contributed by atoms with Gasteiger partial charge in [0.1, 0.15) is 6.04 Å². The Balaban J connectivity index is 2.61. The van der Waals surface area contributed by atoms with Crippen molar-refractivity contribution in [3.05, 3.63) is 0 Å². The van der Waals surface area contributed by atoms with Gasteiger partial charge in [0.25, 0.3) is 0 Å². The first-order chi connectivity index (χ1) is 7.11. The van der Waals surface area contributed by atoms with Crippen molar-refractivity contribution in [1.82, 2.24) is 5.01 Å². The molecule has 0 aromatic rings. The van der Waals surface area contributed by atoms with Gasteiger partial charge in [-0.3, -0.25) is 0 Å². The Morgan fingerprint density at radius 3 is 2.20 bits per heavy atom. The van der Waals surface area contributed by atoms with Crippen LogP contribution >= 0.6 is 0 Å². The van der Waals surface area contributed by atoms with Gasteiger partial charge in [-0.25, -0.2) is 4.59 Å². The summed E-state index contributed by atoms with van der Waals surface area (Å²) in [6, 6.07) is 0.717. The topological polar surface area (TPSA) is 3.24 Å². The van der Waals surface area contributed by atoms with Crippen LogP contribution in [0.2, 0.25) is 0 Å². The zero-order valence-electron chi connectivity index (χ0n) is 11.1. The minimum atomic E-state index is 0.717. The third kappa shape index (κ3) is 3.18. The van der Waals surface area contributed by atoms with Crippen molar-refractivity contribution in [2.24, 2.45) is 0 Å². The first kappa shape index (κ1) is 13.0. The molecule has 1 fully saturated rings. The quantitative estimate of drug-likeness (QED) is 0.635. The minimum absolute atomic E-state index is 0.717. The van der Waals surface area contributed by atoms with E-state index in [2.05, 4.69) is 32.8 Å². The van der Waals surface area contributed by atoms with Gasteiger partial charge < -0.3 is 0 Å². The maximum atomic E-state index is 2.70. The van der Waals surface area contributed by atoms with E-state index in [1.807, 2.05) is 0 Å². The van der Waals surface area contributed by atoms with Crippen LogP contribution in [0.3, 0.4) is 0 Å². The Morgan fingerprint density at radius 2 is 1.73 bits per heavy atom. The van der Waals surface area contributed by atoms with Crippen LogP contribution in [-0.4, -0.2) is 42.3 Å². The highest BCUT2D eigenvalue weighted by Gasteiger charge is 2.34. The van der Waals surface area contributed by atoms with Gasteiger partial charge in [-0.2, -0.15) is 5.01 Å². The molecule has 0 bridgehead atoms. The molecule has 1 rings (SSSR count). The van der Waals surface area contributed by atoms with Gasteiger partial charge in [-0.1, -0.05) is 19.8 Å². The molecule has 1 aliphatic rings. The van der Waals surface area contributed by atoms with Gasteiger partial charge in [-0.05, 0) is 33.1 Å². The Hall–Kier alpha value is -0.0800. The molecule has 0 spiro atoms. The molecular weight excluding hydrogens is 184 g/mol. The lowest BCUT2D eigenvalue weighted by atomic mass is 10.1. The molecule has 0 radical (unpaired) electrons. The van der Waals surface area contributed by atoms with E-state index >= 15 is 0 Å². The average Bonchev–Trinajstić information content (AvgIpc) is 2.27. The molecule has 0 unspecified atom stereocenters. The minimum Gasteiger partial charge on any atom is -0.244 e. The highest BCUT2D eigenvalue weighted by molar-refractivity contribution is 4.59. The lowest BCUT2D eigenvalue weighted by molar-refractivity contribution is -1.04. The molecule has 0 aromatic carbocycles. The van der Waals surface area contributed by atoms with Crippen molar-refractivity contribution in [1.29, 1.82) is 0 Å². The van der Waals surface area contributed by atoms with E-state index in [4.69, 9.17) is 0 Å². The van der Waals surface area contributed by atoms with Crippen LogP contribution in [0.4, 0.5) is 0 Å². The fourth-order valence-electron chi connectivity index (χ4n) is 2.54. The van der Waals surface area contributed by atoms with Crippen molar-refractivity contribution in [3.63, 3.8) is 0 Å². The van der Waals surface area contributed by atoms with Crippen LogP contribution in [0, 0.1) is 0 Å². The van der Waals surface area contributed by atoms with E-state index < -0.39 is 0 Å². The third-order valence-corrected chi connectivity index (χ3v) is 4.06. The summed E-state index contributed by atoms with van der Waals surface area (Å²) in [6.07, 6.45) is 6.89. The monoisotopic (exact) mass is 213 g/mol. The number of piperidine rings is 1. The van der Waals surface area contributed by atoms with Gasteiger partial charge in [-0.15, -0.1) is 0 Å². The van der Waals surface area contributed by atoms with Gasteiger partial charge >= 0.3 is 0 Å². The number of nitrogens with zero attached hydrogens (tertiary/aromatic N) is 2. The number of hydrogen-bond acceptors (Lipinski definition) is 1. The highest BCUT2D eigenvalue weighted by atomic mass is 15.7. The first-order valence-electron chi connectivity index (χ1n) is 6.72. The van der Waals surface area contributed by atoms with E-state index in [1.54, 1.807) is 0 Å². The standard InChI is InChI=1S/C13H29N2/c1-5-6-12-15(4,13(2)3)14-10-8-7-9-11-14/h13H,5-12H2,1-4H3/q+1/t15-/m1/s1. The predicted octanol–water partition coefficient (Wildman–Crippen LogP) is 3.04. The summed E-state index contributed by atoms with van der Waals surface area (Å²) in [5, 5.41) is 2.70. The predicted molar refractivity (Wildman–Crippen MR) is 66.5 cm³/mol. The summed E-state index contributed by atoms with van der Waals surface area (Å²) in [4.78, 5) is 0. The number of hydrogen-bond donors (Lipinski definition) is 0. The molecule has 90 valence electrons. The molecule has 1 atom stereocenters. The summed E-state index contributed by atoms with van der Waals surface area (Å²) < 4.78 is 1.16. The van der Waals surface area contributed by atoms with Crippen LogP contribution in [0.15, 0.2) is 0 Å². The maximum Gasteiger partial charge on any atom is 0.101 e. The van der Waals surface area contributed by atoms with E-state index in [-0.39, 0.29) is 0 Å². The van der Waals surface area contributed by atoms with Crippen molar-refractivity contribution in [2.45, 2.75) is 58.9 Å². The largest absolute Gasteiger partial charge is 0.244 e. The molecule has 0 saturated carbocycles. The second-order valence-corrected chi connectivity index (χ2v) is 5.40. The number of quaternary nitrogens is 1. The van der Waals surface area contributed by atoms with E-state index in [9.17, 15) is 0 Å². The molecule has 1 heterocycles. The summed E-state index contributed by atoms with van der Waals surface area (Å²) in [5.41, 5.74) is 0. The molecule has 0 amide bonds. The fraction of sp³-hybridized carbons (Fsp3) is 1.00. The molecule has 1 saturated heterocycles. The second kappa shape index (κ2) is 5.86. The van der Waals surface area contributed by atoms with E-state index in [0.29, 0.717) is 0 Å². The van der Waals surface area contributed by atoms with Crippen molar-refractivity contribution >= 4 is 0 Å². The molecule has 2 nitrogen and oxygen atoms in total. The number of unbranched alkanes of at least 4 members (excludes halogenated alkanes) is 1. The Kier molecular flexibility index (Phi) is 5.07. The zero-order chi connectivity index (χ0) is 11.3. The normalized spacial score (nSPS) is 23.0. The van der Waals surface area contributed by atoms with Crippen molar-refractivity contribution < 1.29 is 4.59 Å². The third-order valence-electron chi connectivity index (χ3n) is 4.06. The molecule has 2 heteroatoms. The van der Waals surface area contributed by atoms with Crippen LogP contribution in [0.5, 0.6) is 0 Å². The van der Waals surface area contributed by atoms with Crippen LogP contribution in [-0.2, 0) is 0 Å². The molecule has 0 aliphatic carbocycles. The van der Waals surface area contributed by atoms with Gasteiger partial charge in [0.2, 0.25) is 0 Å².